The molecule has 1 aliphatic rings. The highest BCUT2D eigenvalue weighted by Gasteiger charge is 2.34. The maximum Gasteiger partial charge on any atom is 0.270 e. The number of amides is 1. The van der Waals surface area contributed by atoms with E-state index in [1.807, 2.05) is 55.5 Å². The first-order valence-corrected chi connectivity index (χ1v) is 9.22. The SMILES string of the molecule is Cc1ccc(N2C(=O)C(=CC(=O)c3c[nH]c4ccccc34)SC2=S)cc1. The fourth-order valence-electron chi connectivity index (χ4n) is 2.86. The number of aryl methyl sites for hydroxylation is 1. The number of hydrogen-bond donors (Lipinski definition) is 1. The number of aromatic amines is 1. The van der Waals surface area contributed by atoms with Crippen LogP contribution in [0.1, 0.15) is 15.9 Å². The molecule has 1 fully saturated rings. The molecular formula is C20H14N2O2S2. The third-order valence-electron chi connectivity index (χ3n) is 4.20. The smallest absolute Gasteiger partial charge is 0.270 e. The number of hydrogen-bond acceptors (Lipinski definition) is 4. The molecule has 1 amide bonds. The van der Waals surface area contributed by atoms with Crippen molar-refractivity contribution in [1.82, 2.24) is 4.98 Å². The Hall–Kier alpha value is -2.70. The number of thiocarbonyl (C=S) groups is 1. The van der Waals surface area contributed by atoms with Crippen molar-refractivity contribution in [2.24, 2.45) is 0 Å². The molecule has 128 valence electrons. The molecule has 0 aliphatic carbocycles. The maximum absolute atomic E-state index is 12.8. The van der Waals surface area contributed by atoms with Gasteiger partial charge in [-0.05, 0) is 25.1 Å². The minimum atomic E-state index is -0.267. The normalized spacial score (nSPS) is 16.0. The number of para-hydroxylation sites is 1. The Labute approximate surface area is 159 Å². The minimum Gasteiger partial charge on any atom is -0.360 e. The van der Waals surface area contributed by atoms with Gasteiger partial charge < -0.3 is 4.98 Å². The lowest BCUT2D eigenvalue weighted by atomic mass is 10.1. The van der Waals surface area contributed by atoms with Gasteiger partial charge in [-0.15, -0.1) is 0 Å². The van der Waals surface area contributed by atoms with E-state index in [0.717, 1.165) is 28.2 Å². The Bertz CT molecular complexity index is 1080. The van der Waals surface area contributed by atoms with Crippen LogP contribution < -0.4 is 4.90 Å². The molecule has 0 bridgehead atoms. The summed E-state index contributed by atoms with van der Waals surface area (Å²) in [6.07, 6.45) is 3.05. The first-order chi connectivity index (χ1) is 12.5. The average Bonchev–Trinajstić information content (AvgIpc) is 3.17. The molecule has 1 aromatic heterocycles. The van der Waals surface area contributed by atoms with Crippen LogP contribution in [-0.2, 0) is 4.79 Å². The van der Waals surface area contributed by atoms with Crippen molar-refractivity contribution in [3.8, 4) is 0 Å². The molecule has 1 N–H and O–H groups in total. The zero-order chi connectivity index (χ0) is 18.3. The molecule has 1 saturated heterocycles. The van der Waals surface area contributed by atoms with Crippen molar-refractivity contribution in [2.75, 3.05) is 4.90 Å². The molecule has 0 radical (unpaired) electrons. The van der Waals surface area contributed by atoms with E-state index in [-0.39, 0.29) is 11.7 Å². The number of nitrogens with zero attached hydrogens (tertiary/aromatic N) is 1. The minimum absolute atomic E-state index is 0.216. The lowest BCUT2D eigenvalue weighted by Gasteiger charge is -2.14. The van der Waals surface area contributed by atoms with Crippen molar-refractivity contribution < 1.29 is 9.59 Å². The quantitative estimate of drug-likeness (QED) is 0.411. The van der Waals surface area contributed by atoms with E-state index in [0.29, 0.717) is 20.5 Å². The monoisotopic (exact) mass is 378 g/mol. The molecule has 6 heteroatoms. The number of allylic oxidation sites excluding steroid dienone is 1. The van der Waals surface area contributed by atoms with E-state index in [1.54, 1.807) is 6.20 Å². The molecule has 0 atom stereocenters. The summed E-state index contributed by atoms with van der Waals surface area (Å²) in [5.41, 5.74) is 3.24. The number of carbonyl (C=O) groups excluding carboxylic acids is 2. The summed E-state index contributed by atoms with van der Waals surface area (Å²) in [5.74, 6) is -0.482. The van der Waals surface area contributed by atoms with Gasteiger partial charge in [-0.25, -0.2) is 0 Å². The summed E-state index contributed by atoms with van der Waals surface area (Å²) >= 11 is 6.50. The number of carbonyl (C=O) groups is 2. The van der Waals surface area contributed by atoms with Gasteiger partial charge in [0.15, 0.2) is 10.1 Å². The van der Waals surface area contributed by atoms with Crippen LogP contribution in [0.2, 0.25) is 0 Å². The van der Waals surface area contributed by atoms with E-state index in [4.69, 9.17) is 12.2 Å². The topological polar surface area (TPSA) is 53.2 Å². The number of aromatic nitrogens is 1. The number of thioether (sulfide) groups is 1. The predicted molar refractivity (Wildman–Crippen MR) is 110 cm³/mol. The maximum atomic E-state index is 12.8. The van der Waals surface area contributed by atoms with Crippen LogP contribution >= 0.6 is 24.0 Å². The Morgan fingerprint density at radius 3 is 2.65 bits per heavy atom. The number of benzene rings is 2. The van der Waals surface area contributed by atoms with Crippen molar-refractivity contribution in [3.05, 3.63) is 76.8 Å². The predicted octanol–water partition coefficient (Wildman–Crippen LogP) is 4.61. The van der Waals surface area contributed by atoms with Crippen LogP contribution in [0.15, 0.2) is 65.7 Å². The van der Waals surface area contributed by atoms with Crippen LogP contribution in [-0.4, -0.2) is 21.0 Å². The molecule has 0 spiro atoms. The summed E-state index contributed by atoms with van der Waals surface area (Å²) in [6.45, 7) is 1.98. The van der Waals surface area contributed by atoms with E-state index >= 15 is 0 Å². The molecule has 3 aromatic rings. The summed E-state index contributed by atoms with van der Waals surface area (Å²) < 4.78 is 0.428. The molecule has 2 aromatic carbocycles. The van der Waals surface area contributed by atoms with Gasteiger partial charge in [0, 0.05) is 28.7 Å². The summed E-state index contributed by atoms with van der Waals surface area (Å²) in [5, 5.41) is 0.836. The van der Waals surface area contributed by atoms with E-state index < -0.39 is 0 Å². The lowest BCUT2D eigenvalue weighted by Crippen LogP contribution is -2.27. The van der Waals surface area contributed by atoms with Gasteiger partial charge >= 0.3 is 0 Å². The summed E-state index contributed by atoms with van der Waals surface area (Å²) in [4.78, 5) is 30.3. The van der Waals surface area contributed by atoms with Gasteiger partial charge in [0.2, 0.25) is 0 Å². The van der Waals surface area contributed by atoms with Crippen molar-refractivity contribution in [2.45, 2.75) is 6.92 Å². The number of nitrogens with one attached hydrogen (secondary N) is 1. The van der Waals surface area contributed by atoms with Crippen molar-refractivity contribution in [3.63, 3.8) is 0 Å². The second-order valence-electron chi connectivity index (χ2n) is 5.96. The van der Waals surface area contributed by atoms with Crippen LogP contribution in [0.5, 0.6) is 0 Å². The number of fused-ring (bicyclic) bond motifs is 1. The Balaban J connectivity index is 1.65. The average molecular weight is 378 g/mol. The lowest BCUT2D eigenvalue weighted by molar-refractivity contribution is -0.113. The van der Waals surface area contributed by atoms with Crippen LogP contribution in [0.4, 0.5) is 5.69 Å². The second kappa shape index (κ2) is 6.55. The number of rotatable bonds is 3. The first-order valence-electron chi connectivity index (χ1n) is 7.99. The Kier molecular flexibility index (Phi) is 4.22. The molecule has 4 rings (SSSR count). The zero-order valence-corrected chi connectivity index (χ0v) is 15.5. The van der Waals surface area contributed by atoms with Crippen LogP contribution in [0, 0.1) is 6.92 Å². The molecule has 4 nitrogen and oxygen atoms in total. The molecule has 0 saturated carbocycles. The molecule has 2 heterocycles. The van der Waals surface area contributed by atoms with Gasteiger partial charge in [0.1, 0.15) is 0 Å². The fraction of sp³-hybridized carbons (Fsp3) is 0.0500. The van der Waals surface area contributed by atoms with Crippen molar-refractivity contribution in [1.29, 1.82) is 0 Å². The summed E-state index contributed by atoms with van der Waals surface area (Å²) in [6, 6.07) is 15.1. The molecule has 26 heavy (non-hydrogen) atoms. The highest BCUT2D eigenvalue weighted by molar-refractivity contribution is 8.27. The third kappa shape index (κ3) is 2.87. The zero-order valence-electron chi connectivity index (χ0n) is 13.9. The molecule has 1 aliphatic heterocycles. The third-order valence-corrected chi connectivity index (χ3v) is 5.50. The van der Waals surface area contributed by atoms with Crippen LogP contribution in [0.3, 0.4) is 0 Å². The van der Waals surface area contributed by atoms with Gasteiger partial charge in [-0.2, -0.15) is 0 Å². The second-order valence-corrected chi connectivity index (χ2v) is 7.64. The van der Waals surface area contributed by atoms with E-state index in [9.17, 15) is 9.59 Å². The highest BCUT2D eigenvalue weighted by atomic mass is 32.2. The van der Waals surface area contributed by atoms with Gasteiger partial charge in [0.25, 0.3) is 5.91 Å². The largest absolute Gasteiger partial charge is 0.360 e. The van der Waals surface area contributed by atoms with Crippen LogP contribution in [0.25, 0.3) is 10.9 Å². The number of anilines is 1. The molecule has 0 unspecified atom stereocenters. The summed E-state index contributed by atoms with van der Waals surface area (Å²) in [7, 11) is 0. The molecular weight excluding hydrogens is 364 g/mol. The fourth-order valence-corrected chi connectivity index (χ4v) is 4.13. The van der Waals surface area contributed by atoms with E-state index in [2.05, 4.69) is 4.98 Å². The van der Waals surface area contributed by atoms with Gasteiger partial charge in [0.05, 0.1) is 10.6 Å². The number of H-pyrrole nitrogens is 1. The Morgan fingerprint density at radius 1 is 1.15 bits per heavy atom. The number of ketones is 1. The highest BCUT2D eigenvalue weighted by Crippen LogP contribution is 2.35. The van der Waals surface area contributed by atoms with E-state index in [1.165, 1.54) is 11.0 Å². The van der Waals surface area contributed by atoms with Gasteiger partial charge in [-0.3, -0.25) is 14.5 Å². The Morgan fingerprint density at radius 2 is 1.88 bits per heavy atom. The first kappa shape index (κ1) is 16.8. The van der Waals surface area contributed by atoms with Crippen molar-refractivity contribution >= 4 is 56.6 Å². The standard InChI is InChI=1S/C20H14N2O2S2/c1-12-6-8-13(9-7-12)22-19(24)18(26-20(22)25)10-17(23)15-11-21-16-5-3-2-4-14(15)16/h2-11,21H,1H3. The van der Waals surface area contributed by atoms with Gasteiger partial charge in [-0.1, -0.05) is 59.9 Å².